The Hall–Kier alpha value is -1.13. The van der Waals surface area contributed by atoms with Gasteiger partial charge < -0.3 is 10.1 Å². The second-order valence-corrected chi connectivity index (χ2v) is 5.28. The van der Waals surface area contributed by atoms with Crippen molar-refractivity contribution in [3.63, 3.8) is 0 Å². The molecule has 22 heavy (non-hydrogen) atoms. The minimum atomic E-state index is -0.0695. The maximum atomic E-state index is 11.1. The van der Waals surface area contributed by atoms with Crippen LogP contribution in [-0.2, 0) is 16.1 Å². The van der Waals surface area contributed by atoms with Crippen LogP contribution in [-0.4, -0.2) is 23.9 Å². The number of ketones is 2. The van der Waals surface area contributed by atoms with E-state index in [-0.39, 0.29) is 25.0 Å². The SMILES string of the molecule is C.CC.CC(C)=O.CSc1ccccc1CNC(C)C(C)=O. The number of thioether (sulfide) groups is 1. The number of carbonyl (C=O) groups excluding carboxylic acids is 2. The van der Waals surface area contributed by atoms with E-state index in [2.05, 4.69) is 23.7 Å². The number of carbonyl (C=O) groups is 2. The molecular weight excluding hydrogens is 294 g/mol. The summed E-state index contributed by atoms with van der Waals surface area (Å²) < 4.78 is 0. The Bertz CT molecular complexity index is 415. The van der Waals surface area contributed by atoms with Crippen LogP contribution in [0.5, 0.6) is 0 Å². The van der Waals surface area contributed by atoms with Gasteiger partial charge >= 0.3 is 0 Å². The fourth-order valence-corrected chi connectivity index (χ4v) is 1.87. The number of benzene rings is 1. The zero-order valence-electron chi connectivity index (χ0n) is 14.3. The molecule has 0 amide bonds. The first-order valence-electron chi connectivity index (χ1n) is 7.21. The molecule has 1 aromatic carbocycles. The van der Waals surface area contributed by atoms with Gasteiger partial charge in [0.05, 0.1) is 6.04 Å². The Balaban J connectivity index is -0.000000448. The second-order valence-electron chi connectivity index (χ2n) is 4.43. The van der Waals surface area contributed by atoms with E-state index >= 15 is 0 Å². The van der Waals surface area contributed by atoms with E-state index in [1.165, 1.54) is 24.3 Å². The predicted molar refractivity (Wildman–Crippen MR) is 99.6 cm³/mol. The van der Waals surface area contributed by atoms with Gasteiger partial charge in [-0.3, -0.25) is 4.79 Å². The summed E-state index contributed by atoms with van der Waals surface area (Å²) in [6.07, 6.45) is 2.06. The lowest BCUT2D eigenvalue weighted by Crippen LogP contribution is -2.31. The lowest BCUT2D eigenvalue weighted by molar-refractivity contribution is -0.118. The highest BCUT2D eigenvalue weighted by atomic mass is 32.2. The summed E-state index contributed by atoms with van der Waals surface area (Å²) in [7, 11) is 0. The highest BCUT2D eigenvalue weighted by molar-refractivity contribution is 7.98. The number of nitrogens with one attached hydrogen (secondary N) is 1. The van der Waals surface area contributed by atoms with Gasteiger partial charge in [0.25, 0.3) is 0 Å². The van der Waals surface area contributed by atoms with Crippen LogP contribution in [0.25, 0.3) is 0 Å². The molecule has 128 valence electrons. The maximum absolute atomic E-state index is 11.1. The molecule has 0 aromatic heterocycles. The van der Waals surface area contributed by atoms with E-state index < -0.39 is 0 Å². The van der Waals surface area contributed by atoms with Gasteiger partial charge in [0.2, 0.25) is 0 Å². The minimum Gasteiger partial charge on any atom is -0.304 e. The van der Waals surface area contributed by atoms with E-state index in [0.717, 1.165) is 6.54 Å². The minimum absolute atomic E-state index is 0. The second kappa shape index (κ2) is 16.2. The van der Waals surface area contributed by atoms with Crippen molar-refractivity contribution in [3.8, 4) is 0 Å². The van der Waals surface area contributed by atoms with Crippen LogP contribution in [0, 0.1) is 0 Å². The molecule has 1 N–H and O–H groups in total. The Morgan fingerprint density at radius 1 is 1.14 bits per heavy atom. The van der Waals surface area contributed by atoms with E-state index in [1.807, 2.05) is 32.9 Å². The number of Topliss-reactive ketones (excluding diaryl/α,β-unsaturated/α-hetero) is 2. The molecule has 0 fully saturated rings. The first kappa shape index (κ1) is 25.8. The van der Waals surface area contributed by atoms with Crippen LogP contribution >= 0.6 is 11.8 Å². The summed E-state index contributed by atoms with van der Waals surface area (Å²) in [5, 5.41) is 3.21. The van der Waals surface area contributed by atoms with Gasteiger partial charge in [0.15, 0.2) is 0 Å². The van der Waals surface area contributed by atoms with Crippen molar-refractivity contribution in [2.75, 3.05) is 6.26 Å². The molecule has 1 aromatic rings. The molecule has 0 saturated carbocycles. The molecule has 4 heteroatoms. The van der Waals surface area contributed by atoms with Crippen molar-refractivity contribution in [1.29, 1.82) is 0 Å². The Kier molecular flexibility index (Phi) is 19.1. The van der Waals surface area contributed by atoms with Crippen LogP contribution < -0.4 is 5.32 Å². The van der Waals surface area contributed by atoms with Crippen LogP contribution in [0.15, 0.2) is 29.2 Å². The smallest absolute Gasteiger partial charge is 0.146 e. The third-order valence-electron chi connectivity index (χ3n) is 2.40. The van der Waals surface area contributed by atoms with Crippen molar-refractivity contribution in [2.24, 2.45) is 0 Å². The Morgan fingerprint density at radius 2 is 1.59 bits per heavy atom. The lowest BCUT2D eigenvalue weighted by Gasteiger charge is -2.12. The zero-order valence-corrected chi connectivity index (χ0v) is 15.1. The largest absolute Gasteiger partial charge is 0.304 e. The highest BCUT2D eigenvalue weighted by Gasteiger charge is 2.07. The first-order valence-corrected chi connectivity index (χ1v) is 8.43. The summed E-state index contributed by atoms with van der Waals surface area (Å²) in [4.78, 5) is 21.8. The molecule has 0 bridgehead atoms. The zero-order chi connectivity index (χ0) is 16.8. The normalized spacial score (nSPS) is 9.95. The van der Waals surface area contributed by atoms with Gasteiger partial charge in [-0.25, -0.2) is 0 Å². The monoisotopic (exact) mass is 327 g/mol. The molecule has 3 nitrogen and oxygen atoms in total. The first-order chi connectivity index (χ1) is 9.88. The van der Waals surface area contributed by atoms with Gasteiger partial charge in [-0.15, -0.1) is 11.8 Å². The fourth-order valence-electron chi connectivity index (χ4n) is 1.26. The van der Waals surface area contributed by atoms with Crippen LogP contribution in [0.2, 0.25) is 0 Å². The molecule has 0 aliphatic carbocycles. The molecule has 1 rings (SSSR count). The third kappa shape index (κ3) is 13.8. The standard InChI is InChI=1S/C12H17NOS.C3H6O.C2H6.CH4/c1-9(10(2)14)13-8-11-6-4-5-7-12(11)15-3;1-3(2)4;1-2;/h4-7,9,13H,8H2,1-3H3;1-2H3;1-2H3;1H4. The molecule has 0 aliphatic heterocycles. The van der Waals surface area contributed by atoms with Gasteiger partial charge in [-0.1, -0.05) is 39.5 Å². The van der Waals surface area contributed by atoms with Crippen molar-refractivity contribution < 1.29 is 9.59 Å². The highest BCUT2D eigenvalue weighted by Crippen LogP contribution is 2.19. The van der Waals surface area contributed by atoms with Crippen molar-refractivity contribution in [2.45, 2.75) is 66.5 Å². The van der Waals surface area contributed by atoms with Gasteiger partial charge in [-0.05, 0) is 45.6 Å². The summed E-state index contributed by atoms with van der Waals surface area (Å²) in [5.41, 5.74) is 1.25. The maximum Gasteiger partial charge on any atom is 0.146 e. The van der Waals surface area contributed by atoms with Crippen molar-refractivity contribution in [1.82, 2.24) is 5.32 Å². The molecule has 1 unspecified atom stereocenters. The van der Waals surface area contributed by atoms with E-state index in [0.29, 0.717) is 0 Å². The predicted octanol–water partition coefficient (Wildman–Crippen LogP) is 4.73. The van der Waals surface area contributed by atoms with Crippen LogP contribution in [0.3, 0.4) is 0 Å². The Morgan fingerprint density at radius 3 is 2.00 bits per heavy atom. The summed E-state index contributed by atoms with van der Waals surface area (Å²) in [5.74, 6) is 0.344. The summed E-state index contributed by atoms with van der Waals surface area (Å²) in [6.45, 7) is 11.3. The lowest BCUT2D eigenvalue weighted by atomic mass is 10.2. The Labute approximate surface area is 141 Å². The van der Waals surface area contributed by atoms with Gasteiger partial charge in [0, 0.05) is 11.4 Å². The van der Waals surface area contributed by atoms with E-state index in [1.54, 1.807) is 18.7 Å². The summed E-state index contributed by atoms with van der Waals surface area (Å²) in [6, 6.07) is 8.17. The number of rotatable bonds is 5. The van der Waals surface area contributed by atoms with Crippen LogP contribution in [0.1, 0.15) is 54.5 Å². The van der Waals surface area contributed by atoms with E-state index in [9.17, 15) is 9.59 Å². The van der Waals surface area contributed by atoms with E-state index in [4.69, 9.17) is 0 Å². The molecule has 0 heterocycles. The molecule has 0 aliphatic rings. The molecular formula is C18H33NO2S. The number of hydrogen-bond acceptors (Lipinski definition) is 4. The van der Waals surface area contributed by atoms with Gasteiger partial charge in [-0.2, -0.15) is 0 Å². The average molecular weight is 328 g/mol. The molecule has 0 spiro atoms. The fraction of sp³-hybridized carbons (Fsp3) is 0.556. The third-order valence-corrected chi connectivity index (χ3v) is 3.24. The number of hydrogen-bond donors (Lipinski definition) is 1. The van der Waals surface area contributed by atoms with Crippen LogP contribution in [0.4, 0.5) is 0 Å². The summed E-state index contributed by atoms with van der Waals surface area (Å²) >= 11 is 1.73. The molecule has 0 saturated heterocycles. The van der Waals surface area contributed by atoms with Crippen molar-refractivity contribution in [3.05, 3.63) is 29.8 Å². The average Bonchev–Trinajstić information content (AvgIpc) is 2.46. The molecule has 0 radical (unpaired) electrons. The topological polar surface area (TPSA) is 46.2 Å². The van der Waals surface area contributed by atoms with Crippen molar-refractivity contribution >= 4 is 23.3 Å². The van der Waals surface area contributed by atoms with Gasteiger partial charge in [0.1, 0.15) is 11.6 Å². The molecule has 1 atom stereocenters. The quantitative estimate of drug-likeness (QED) is 0.794.